The number of anilines is 3. The predicted octanol–water partition coefficient (Wildman–Crippen LogP) is 8.78. The van der Waals surface area contributed by atoms with Crippen LogP contribution in [0, 0.1) is 0 Å². The van der Waals surface area contributed by atoms with Gasteiger partial charge in [-0.05, 0) is 54.4 Å². The van der Waals surface area contributed by atoms with Crippen molar-refractivity contribution in [2.45, 2.75) is 32.6 Å². The van der Waals surface area contributed by atoms with Crippen LogP contribution < -0.4 is 9.64 Å². The fourth-order valence-electron chi connectivity index (χ4n) is 3.94. The van der Waals surface area contributed by atoms with Crippen LogP contribution in [0.15, 0.2) is 109 Å². The SMILES string of the molecule is CCCCCCOc1ccc(-c2ccccc2N(c2ccccc2)c2ccccc2)cc1. The summed E-state index contributed by atoms with van der Waals surface area (Å²) < 4.78 is 5.95. The second kappa shape index (κ2) is 11.2. The molecule has 0 spiro atoms. The maximum Gasteiger partial charge on any atom is 0.119 e. The highest BCUT2D eigenvalue weighted by Gasteiger charge is 2.16. The zero-order valence-corrected chi connectivity index (χ0v) is 18.8. The molecule has 0 aliphatic carbocycles. The highest BCUT2D eigenvalue weighted by Crippen LogP contribution is 2.40. The maximum absolute atomic E-state index is 5.95. The lowest BCUT2D eigenvalue weighted by Gasteiger charge is -2.27. The van der Waals surface area contributed by atoms with E-state index < -0.39 is 0 Å². The van der Waals surface area contributed by atoms with Gasteiger partial charge in [0.05, 0.1) is 12.3 Å². The first-order valence-electron chi connectivity index (χ1n) is 11.6. The van der Waals surface area contributed by atoms with Crippen LogP contribution in [0.1, 0.15) is 32.6 Å². The summed E-state index contributed by atoms with van der Waals surface area (Å²) in [7, 11) is 0. The van der Waals surface area contributed by atoms with Crippen molar-refractivity contribution in [3.05, 3.63) is 109 Å². The number of unbranched alkanes of at least 4 members (excludes halogenated alkanes) is 3. The minimum Gasteiger partial charge on any atom is -0.494 e. The van der Waals surface area contributed by atoms with Gasteiger partial charge >= 0.3 is 0 Å². The van der Waals surface area contributed by atoms with E-state index in [1.165, 1.54) is 30.4 Å². The van der Waals surface area contributed by atoms with Crippen molar-refractivity contribution >= 4 is 17.1 Å². The Kier molecular flexibility index (Phi) is 7.60. The Bertz CT molecular complexity index is 1040. The average molecular weight is 422 g/mol. The Labute approximate surface area is 192 Å². The summed E-state index contributed by atoms with van der Waals surface area (Å²) in [5.74, 6) is 0.936. The summed E-state index contributed by atoms with van der Waals surface area (Å²) in [6, 6.07) is 38.1. The van der Waals surface area contributed by atoms with Gasteiger partial charge in [-0.25, -0.2) is 0 Å². The summed E-state index contributed by atoms with van der Waals surface area (Å²) in [4.78, 5) is 2.31. The highest BCUT2D eigenvalue weighted by molar-refractivity contribution is 5.87. The van der Waals surface area contributed by atoms with Crippen molar-refractivity contribution in [2.75, 3.05) is 11.5 Å². The molecule has 0 saturated heterocycles. The fourth-order valence-corrected chi connectivity index (χ4v) is 3.94. The molecule has 0 fully saturated rings. The lowest BCUT2D eigenvalue weighted by Crippen LogP contribution is -2.10. The van der Waals surface area contributed by atoms with Gasteiger partial charge in [0.25, 0.3) is 0 Å². The fraction of sp³-hybridized carbons (Fsp3) is 0.200. The molecule has 2 heteroatoms. The molecule has 0 bridgehead atoms. The molecular formula is C30H31NO. The van der Waals surface area contributed by atoms with E-state index in [-0.39, 0.29) is 0 Å². The Hall–Kier alpha value is -3.52. The Morgan fingerprint density at radius 1 is 0.594 bits per heavy atom. The van der Waals surface area contributed by atoms with Gasteiger partial charge in [-0.15, -0.1) is 0 Å². The van der Waals surface area contributed by atoms with Crippen LogP contribution in [0.2, 0.25) is 0 Å². The van der Waals surface area contributed by atoms with E-state index >= 15 is 0 Å². The quantitative estimate of drug-likeness (QED) is 0.237. The minimum atomic E-state index is 0.783. The van der Waals surface area contributed by atoms with Crippen molar-refractivity contribution in [1.82, 2.24) is 0 Å². The Balaban J connectivity index is 1.63. The molecule has 162 valence electrons. The molecular weight excluding hydrogens is 390 g/mol. The third kappa shape index (κ3) is 5.39. The monoisotopic (exact) mass is 421 g/mol. The van der Waals surface area contributed by atoms with Gasteiger partial charge in [0, 0.05) is 16.9 Å². The smallest absolute Gasteiger partial charge is 0.119 e. The van der Waals surface area contributed by atoms with Gasteiger partial charge in [-0.3, -0.25) is 0 Å². The van der Waals surface area contributed by atoms with Crippen LogP contribution in [-0.2, 0) is 0 Å². The highest BCUT2D eigenvalue weighted by atomic mass is 16.5. The van der Waals surface area contributed by atoms with E-state index in [9.17, 15) is 0 Å². The number of para-hydroxylation sites is 3. The van der Waals surface area contributed by atoms with E-state index in [2.05, 4.69) is 121 Å². The van der Waals surface area contributed by atoms with Crippen molar-refractivity contribution in [2.24, 2.45) is 0 Å². The molecule has 0 radical (unpaired) electrons. The largest absolute Gasteiger partial charge is 0.494 e. The summed E-state index contributed by atoms with van der Waals surface area (Å²) in [5, 5.41) is 0. The van der Waals surface area contributed by atoms with Crippen molar-refractivity contribution in [3.8, 4) is 16.9 Å². The molecule has 4 rings (SSSR count). The van der Waals surface area contributed by atoms with Gasteiger partial charge in [0.15, 0.2) is 0 Å². The van der Waals surface area contributed by atoms with Gasteiger partial charge in [0.2, 0.25) is 0 Å². The van der Waals surface area contributed by atoms with Gasteiger partial charge < -0.3 is 9.64 Å². The number of hydrogen-bond acceptors (Lipinski definition) is 2. The molecule has 0 atom stereocenters. The summed E-state index contributed by atoms with van der Waals surface area (Å²) in [6.07, 6.45) is 4.87. The summed E-state index contributed by atoms with van der Waals surface area (Å²) in [5.41, 5.74) is 5.79. The zero-order chi connectivity index (χ0) is 22.0. The first kappa shape index (κ1) is 21.7. The Morgan fingerprint density at radius 2 is 1.19 bits per heavy atom. The van der Waals surface area contributed by atoms with Crippen LogP contribution in [0.4, 0.5) is 17.1 Å². The predicted molar refractivity (Wildman–Crippen MR) is 136 cm³/mol. The summed E-state index contributed by atoms with van der Waals surface area (Å²) >= 11 is 0. The molecule has 2 nitrogen and oxygen atoms in total. The first-order chi connectivity index (χ1) is 15.9. The van der Waals surface area contributed by atoms with Crippen molar-refractivity contribution < 1.29 is 4.74 Å². The third-order valence-electron chi connectivity index (χ3n) is 5.61. The molecule has 0 saturated carbocycles. The standard InChI is InChI=1S/C30H31NO/c1-2-3-4-13-24-32-28-22-20-25(21-23-28)29-18-11-12-19-30(29)31(26-14-7-5-8-15-26)27-16-9-6-10-17-27/h5-12,14-23H,2-4,13,24H2,1H3. The van der Waals surface area contributed by atoms with Crippen LogP contribution in [0.3, 0.4) is 0 Å². The molecule has 0 aliphatic heterocycles. The number of rotatable bonds is 10. The van der Waals surface area contributed by atoms with E-state index in [0.29, 0.717) is 0 Å². The maximum atomic E-state index is 5.95. The van der Waals surface area contributed by atoms with Crippen LogP contribution >= 0.6 is 0 Å². The summed E-state index contributed by atoms with van der Waals surface area (Å²) in [6.45, 7) is 3.01. The number of hydrogen-bond donors (Lipinski definition) is 0. The van der Waals surface area contributed by atoms with Gasteiger partial charge in [-0.2, -0.15) is 0 Å². The molecule has 0 N–H and O–H groups in total. The molecule has 0 unspecified atom stereocenters. The first-order valence-corrected chi connectivity index (χ1v) is 11.6. The number of ether oxygens (including phenoxy) is 1. The van der Waals surface area contributed by atoms with Crippen molar-refractivity contribution in [1.29, 1.82) is 0 Å². The van der Waals surface area contributed by atoms with Crippen LogP contribution in [-0.4, -0.2) is 6.61 Å². The van der Waals surface area contributed by atoms with Gasteiger partial charge in [-0.1, -0.05) is 92.9 Å². The van der Waals surface area contributed by atoms with Crippen molar-refractivity contribution in [3.63, 3.8) is 0 Å². The van der Waals surface area contributed by atoms with E-state index in [4.69, 9.17) is 4.74 Å². The molecule has 0 aliphatic rings. The normalized spacial score (nSPS) is 10.7. The second-order valence-corrected chi connectivity index (χ2v) is 7.96. The van der Waals surface area contributed by atoms with E-state index in [1.54, 1.807) is 0 Å². The average Bonchev–Trinajstić information content (AvgIpc) is 2.86. The molecule has 4 aromatic rings. The Morgan fingerprint density at radius 3 is 1.81 bits per heavy atom. The molecule has 32 heavy (non-hydrogen) atoms. The van der Waals surface area contributed by atoms with E-state index in [0.717, 1.165) is 35.8 Å². The topological polar surface area (TPSA) is 12.5 Å². The lowest BCUT2D eigenvalue weighted by molar-refractivity contribution is 0.305. The number of benzene rings is 4. The molecule has 0 aromatic heterocycles. The third-order valence-corrected chi connectivity index (χ3v) is 5.61. The van der Waals surface area contributed by atoms with Gasteiger partial charge in [0.1, 0.15) is 5.75 Å². The van der Waals surface area contributed by atoms with E-state index in [1.807, 2.05) is 0 Å². The zero-order valence-electron chi connectivity index (χ0n) is 18.8. The molecule has 0 heterocycles. The second-order valence-electron chi connectivity index (χ2n) is 7.96. The lowest BCUT2D eigenvalue weighted by atomic mass is 10.0. The molecule has 0 amide bonds. The minimum absolute atomic E-state index is 0.783. The molecule has 4 aromatic carbocycles. The van der Waals surface area contributed by atoms with Crippen LogP contribution in [0.5, 0.6) is 5.75 Å². The number of nitrogens with zero attached hydrogens (tertiary/aromatic N) is 1. The van der Waals surface area contributed by atoms with Crippen LogP contribution in [0.25, 0.3) is 11.1 Å².